The minimum Gasteiger partial charge on any atom is -0.350 e. The monoisotopic (exact) mass is 241 g/mol. The Kier molecular flexibility index (Phi) is 4.05. The summed E-state index contributed by atoms with van der Waals surface area (Å²) in [6.45, 7) is 7.06. The van der Waals surface area contributed by atoms with Gasteiger partial charge in [0.05, 0.1) is 12.0 Å². The zero-order valence-corrected chi connectivity index (χ0v) is 11.0. The fourth-order valence-electron chi connectivity index (χ4n) is 2.66. The summed E-state index contributed by atoms with van der Waals surface area (Å²) in [5.41, 5.74) is 0. The van der Waals surface area contributed by atoms with Crippen molar-refractivity contribution in [2.24, 2.45) is 11.8 Å². The smallest absolute Gasteiger partial charge is 0.252 e. The van der Waals surface area contributed by atoms with Gasteiger partial charge in [-0.25, -0.2) is 9.90 Å². The molecule has 0 aliphatic carbocycles. The van der Waals surface area contributed by atoms with E-state index < -0.39 is 0 Å². The molecular weight excluding hydrogens is 218 g/mol. The Bertz CT molecular complexity index is 276. The molecule has 0 spiro atoms. The van der Waals surface area contributed by atoms with Crippen LogP contribution >= 0.6 is 0 Å². The molecule has 0 radical (unpaired) electrons. The van der Waals surface area contributed by atoms with Gasteiger partial charge < -0.3 is 4.74 Å². The quantitative estimate of drug-likeness (QED) is 0.709. The molecule has 2 aliphatic rings. The fraction of sp³-hybridized carbons (Fsp3) is 0.923. The van der Waals surface area contributed by atoms with Crippen molar-refractivity contribution < 1.29 is 14.4 Å². The normalized spacial score (nSPS) is 35.6. The first-order valence-corrected chi connectivity index (χ1v) is 6.76. The number of carbonyl (C=O) groups excluding carboxylic acids is 1. The average Bonchev–Trinajstić information content (AvgIpc) is 2.37. The zero-order chi connectivity index (χ0) is 12.4. The highest BCUT2D eigenvalue weighted by Gasteiger charge is 2.48. The Balaban J connectivity index is 1.85. The van der Waals surface area contributed by atoms with Crippen LogP contribution in [0.1, 0.15) is 46.5 Å². The highest BCUT2D eigenvalue weighted by molar-refractivity contribution is 5.85. The molecule has 2 unspecified atom stereocenters. The first-order valence-electron chi connectivity index (χ1n) is 6.76. The first-order chi connectivity index (χ1) is 8.15. The summed E-state index contributed by atoms with van der Waals surface area (Å²) in [5, 5.41) is 1.52. The molecule has 2 saturated heterocycles. The van der Waals surface area contributed by atoms with Gasteiger partial charge in [0, 0.05) is 13.0 Å². The van der Waals surface area contributed by atoms with Gasteiger partial charge >= 0.3 is 0 Å². The van der Waals surface area contributed by atoms with Gasteiger partial charge in [-0.2, -0.15) is 0 Å². The number of amides is 1. The number of hydrogen-bond donors (Lipinski definition) is 0. The van der Waals surface area contributed by atoms with Crippen molar-refractivity contribution in [3.05, 3.63) is 0 Å². The molecular formula is C13H23NO3. The molecule has 4 heteroatoms. The van der Waals surface area contributed by atoms with Crippen molar-refractivity contribution in [3.8, 4) is 0 Å². The third-order valence-corrected chi connectivity index (χ3v) is 4.02. The second-order valence-corrected chi connectivity index (χ2v) is 5.22. The zero-order valence-electron chi connectivity index (χ0n) is 11.0. The van der Waals surface area contributed by atoms with Crippen molar-refractivity contribution in [2.45, 2.75) is 58.8 Å². The maximum atomic E-state index is 12.0. The molecule has 0 saturated carbocycles. The third kappa shape index (κ3) is 2.47. The van der Waals surface area contributed by atoms with Gasteiger partial charge in [0.2, 0.25) is 0 Å². The summed E-state index contributed by atoms with van der Waals surface area (Å²) in [5.74, 6) is 0.689. The molecule has 4 atom stereocenters. The molecule has 2 rings (SSSR count). The van der Waals surface area contributed by atoms with Crippen molar-refractivity contribution in [1.29, 1.82) is 0 Å². The highest BCUT2D eigenvalue weighted by atomic mass is 16.8. The van der Waals surface area contributed by atoms with Crippen LogP contribution in [0.15, 0.2) is 0 Å². The molecule has 0 N–H and O–H groups in total. The molecule has 1 amide bonds. The summed E-state index contributed by atoms with van der Waals surface area (Å²) < 4.78 is 5.49. The Morgan fingerprint density at radius 3 is 2.82 bits per heavy atom. The Hall–Kier alpha value is -0.610. The second-order valence-electron chi connectivity index (χ2n) is 5.22. The lowest BCUT2D eigenvalue weighted by molar-refractivity contribution is -0.319. The number of ether oxygens (including phenoxy) is 1. The molecule has 2 fully saturated rings. The van der Waals surface area contributed by atoms with E-state index in [-0.39, 0.29) is 24.2 Å². The number of nitrogens with zero attached hydrogens (tertiary/aromatic N) is 1. The molecule has 0 aromatic heterocycles. The SMILES string of the molecule is CCC(C)[C@H]1C(=O)N(OC2CCCCO2)[C@H]1C. The molecule has 17 heavy (non-hydrogen) atoms. The molecule has 2 aliphatic heterocycles. The lowest BCUT2D eigenvalue weighted by Gasteiger charge is -2.47. The van der Waals surface area contributed by atoms with Crippen molar-refractivity contribution >= 4 is 5.91 Å². The lowest BCUT2D eigenvalue weighted by Crippen LogP contribution is -2.62. The van der Waals surface area contributed by atoms with Crippen molar-refractivity contribution in [1.82, 2.24) is 5.06 Å². The van der Waals surface area contributed by atoms with Gasteiger partial charge in [-0.3, -0.25) is 4.79 Å². The second kappa shape index (κ2) is 5.36. The van der Waals surface area contributed by atoms with E-state index >= 15 is 0 Å². The topological polar surface area (TPSA) is 38.8 Å². The predicted octanol–water partition coefficient (Wildman–Crippen LogP) is 2.34. The van der Waals surface area contributed by atoms with Crippen LogP contribution in [-0.2, 0) is 14.4 Å². The van der Waals surface area contributed by atoms with Crippen LogP contribution in [0.4, 0.5) is 0 Å². The van der Waals surface area contributed by atoms with Crippen LogP contribution in [0.25, 0.3) is 0 Å². The van der Waals surface area contributed by atoms with E-state index in [2.05, 4.69) is 20.8 Å². The summed E-state index contributed by atoms with van der Waals surface area (Å²) in [6, 6.07) is 0.183. The lowest BCUT2D eigenvalue weighted by atomic mass is 9.79. The van der Waals surface area contributed by atoms with E-state index in [0.717, 1.165) is 32.3 Å². The van der Waals surface area contributed by atoms with Crippen molar-refractivity contribution in [2.75, 3.05) is 6.61 Å². The molecule has 0 aromatic rings. The maximum Gasteiger partial charge on any atom is 0.252 e. The van der Waals surface area contributed by atoms with Crippen LogP contribution in [0.2, 0.25) is 0 Å². The van der Waals surface area contributed by atoms with E-state index in [1.807, 2.05) is 0 Å². The molecule has 0 bridgehead atoms. The van der Waals surface area contributed by atoms with E-state index in [9.17, 15) is 4.79 Å². The third-order valence-electron chi connectivity index (χ3n) is 4.02. The van der Waals surface area contributed by atoms with Crippen LogP contribution in [0.3, 0.4) is 0 Å². The molecule has 0 aromatic carbocycles. The summed E-state index contributed by atoms with van der Waals surface area (Å²) in [6.07, 6.45) is 3.93. The van der Waals surface area contributed by atoms with Crippen LogP contribution in [0, 0.1) is 11.8 Å². The predicted molar refractivity (Wildman–Crippen MR) is 63.9 cm³/mol. The van der Waals surface area contributed by atoms with Gasteiger partial charge in [-0.1, -0.05) is 20.3 Å². The number of carbonyl (C=O) groups is 1. The number of rotatable bonds is 4. The Labute approximate surface area is 103 Å². The van der Waals surface area contributed by atoms with Crippen molar-refractivity contribution in [3.63, 3.8) is 0 Å². The van der Waals surface area contributed by atoms with E-state index in [1.54, 1.807) is 0 Å². The average molecular weight is 241 g/mol. The van der Waals surface area contributed by atoms with Crippen LogP contribution in [-0.4, -0.2) is 29.9 Å². The minimum atomic E-state index is -0.215. The molecule has 2 heterocycles. The summed E-state index contributed by atoms with van der Waals surface area (Å²) >= 11 is 0. The van der Waals surface area contributed by atoms with Gasteiger partial charge in [0.25, 0.3) is 5.91 Å². The highest BCUT2D eigenvalue weighted by Crippen LogP contribution is 2.35. The van der Waals surface area contributed by atoms with Crippen LogP contribution < -0.4 is 0 Å². The van der Waals surface area contributed by atoms with Gasteiger partial charge in [0.15, 0.2) is 6.29 Å². The summed E-state index contributed by atoms with van der Waals surface area (Å²) in [4.78, 5) is 17.6. The Morgan fingerprint density at radius 2 is 2.29 bits per heavy atom. The molecule has 98 valence electrons. The van der Waals surface area contributed by atoms with Gasteiger partial charge in [-0.05, 0) is 25.7 Å². The van der Waals surface area contributed by atoms with E-state index in [4.69, 9.17) is 9.57 Å². The number of hydrogen-bond acceptors (Lipinski definition) is 3. The van der Waals surface area contributed by atoms with E-state index in [1.165, 1.54) is 5.06 Å². The van der Waals surface area contributed by atoms with E-state index in [0.29, 0.717) is 5.92 Å². The standard InChI is InChI=1S/C13H23NO3/c1-4-9(2)12-10(3)14(13(12)15)17-11-7-5-6-8-16-11/h9-12H,4-8H2,1-3H3/t9?,10-,11?,12+/m0/s1. The van der Waals surface area contributed by atoms with Gasteiger partial charge in [-0.15, -0.1) is 0 Å². The van der Waals surface area contributed by atoms with Crippen LogP contribution in [0.5, 0.6) is 0 Å². The van der Waals surface area contributed by atoms with Gasteiger partial charge in [0.1, 0.15) is 0 Å². The fourth-order valence-corrected chi connectivity index (χ4v) is 2.66. The minimum absolute atomic E-state index is 0.126. The summed E-state index contributed by atoms with van der Waals surface area (Å²) in [7, 11) is 0. The largest absolute Gasteiger partial charge is 0.350 e. The first kappa shape index (κ1) is 12.8. The maximum absolute atomic E-state index is 12.0. The number of β-lactam (4-membered cyclic amide) rings is 1. The Morgan fingerprint density at radius 1 is 1.53 bits per heavy atom. The number of hydroxylamine groups is 2. The molecule has 4 nitrogen and oxygen atoms in total.